The minimum Gasteiger partial charge on any atom is -0.493 e. The Morgan fingerprint density at radius 1 is 1.03 bits per heavy atom. The standard InChI is InChI=1S/C28H26Cl2N2O3S/c1-17(2)32-27(33)26(36-28(32)31-22-10-5-18(3)6-11-22)14-19-7-12-24(25(13-19)34-4)35-16-20-8-9-21(29)15-23(20)30/h5-15,17H,16H2,1-4H3/b26-14+,31-28?. The Bertz CT molecular complexity index is 1340. The third-order valence-corrected chi connectivity index (χ3v) is 7.07. The molecule has 0 atom stereocenters. The number of aliphatic imine (C=N–C) groups is 1. The highest BCUT2D eigenvalue weighted by Gasteiger charge is 2.35. The lowest BCUT2D eigenvalue weighted by Crippen LogP contribution is -2.35. The van der Waals surface area contributed by atoms with E-state index in [1.807, 2.05) is 75.4 Å². The van der Waals surface area contributed by atoms with Gasteiger partial charge in [0.05, 0.1) is 17.7 Å². The van der Waals surface area contributed by atoms with Crippen molar-refractivity contribution in [1.29, 1.82) is 0 Å². The first-order chi connectivity index (χ1) is 17.2. The molecule has 3 aromatic rings. The number of thioether (sulfide) groups is 1. The van der Waals surface area contributed by atoms with E-state index in [4.69, 9.17) is 37.7 Å². The Balaban J connectivity index is 1.56. The van der Waals surface area contributed by atoms with E-state index in [9.17, 15) is 4.79 Å². The van der Waals surface area contributed by atoms with E-state index in [2.05, 4.69) is 0 Å². The van der Waals surface area contributed by atoms with Gasteiger partial charge in [-0.3, -0.25) is 9.69 Å². The third kappa shape index (κ3) is 6.06. The molecule has 1 heterocycles. The molecule has 1 saturated heterocycles. The van der Waals surface area contributed by atoms with Gasteiger partial charge in [0.15, 0.2) is 16.7 Å². The maximum absolute atomic E-state index is 13.2. The largest absolute Gasteiger partial charge is 0.493 e. The molecule has 186 valence electrons. The van der Waals surface area contributed by atoms with Crippen LogP contribution in [-0.4, -0.2) is 29.1 Å². The molecule has 1 aliphatic rings. The van der Waals surface area contributed by atoms with Gasteiger partial charge in [-0.2, -0.15) is 0 Å². The number of halogens is 2. The Kier molecular flexibility index (Phi) is 8.29. The fourth-order valence-corrected chi connectivity index (χ4v) is 5.17. The zero-order valence-electron chi connectivity index (χ0n) is 20.4. The van der Waals surface area contributed by atoms with Crippen LogP contribution in [0.3, 0.4) is 0 Å². The monoisotopic (exact) mass is 540 g/mol. The first kappa shape index (κ1) is 26.1. The number of amidine groups is 1. The molecule has 1 amide bonds. The van der Waals surface area contributed by atoms with Crippen molar-refractivity contribution in [2.24, 2.45) is 4.99 Å². The Labute approximate surface area is 225 Å². The number of hydrogen-bond donors (Lipinski definition) is 0. The predicted octanol–water partition coefficient (Wildman–Crippen LogP) is 7.90. The number of aryl methyl sites for hydroxylation is 1. The van der Waals surface area contributed by atoms with Crippen LogP contribution in [0.5, 0.6) is 11.5 Å². The lowest BCUT2D eigenvalue weighted by atomic mass is 10.1. The first-order valence-electron chi connectivity index (χ1n) is 11.4. The highest BCUT2D eigenvalue weighted by Crippen LogP contribution is 2.37. The Hall–Kier alpha value is -2.93. The lowest BCUT2D eigenvalue weighted by Gasteiger charge is -2.19. The van der Waals surface area contributed by atoms with Gasteiger partial charge in [-0.05, 0) is 80.6 Å². The van der Waals surface area contributed by atoms with Crippen LogP contribution in [0.15, 0.2) is 70.6 Å². The number of carbonyl (C=O) groups is 1. The zero-order chi connectivity index (χ0) is 25.8. The van der Waals surface area contributed by atoms with Gasteiger partial charge >= 0.3 is 0 Å². The summed E-state index contributed by atoms with van der Waals surface area (Å²) in [5.41, 5.74) is 3.61. The van der Waals surface area contributed by atoms with Crippen molar-refractivity contribution in [3.8, 4) is 11.5 Å². The van der Waals surface area contributed by atoms with Crippen LogP contribution < -0.4 is 9.47 Å². The minimum absolute atomic E-state index is 0.0231. The Morgan fingerprint density at radius 2 is 1.78 bits per heavy atom. The maximum Gasteiger partial charge on any atom is 0.266 e. The van der Waals surface area contributed by atoms with Crippen LogP contribution in [-0.2, 0) is 11.4 Å². The number of rotatable bonds is 7. The summed E-state index contributed by atoms with van der Waals surface area (Å²) in [4.78, 5) is 20.3. The van der Waals surface area contributed by atoms with Gasteiger partial charge in [-0.15, -0.1) is 0 Å². The summed E-state index contributed by atoms with van der Waals surface area (Å²) in [6.07, 6.45) is 1.85. The van der Waals surface area contributed by atoms with Crippen molar-refractivity contribution in [1.82, 2.24) is 4.90 Å². The third-order valence-electron chi connectivity index (χ3n) is 5.50. The van der Waals surface area contributed by atoms with Crippen molar-refractivity contribution >= 4 is 57.8 Å². The molecule has 0 N–H and O–H groups in total. The number of amides is 1. The van der Waals surface area contributed by atoms with E-state index in [1.165, 1.54) is 11.8 Å². The number of hydrogen-bond acceptors (Lipinski definition) is 5. The summed E-state index contributed by atoms with van der Waals surface area (Å²) in [6, 6.07) is 18.7. The van der Waals surface area contributed by atoms with Crippen molar-refractivity contribution in [2.75, 3.05) is 7.11 Å². The van der Waals surface area contributed by atoms with Crippen LogP contribution >= 0.6 is 35.0 Å². The van der Waals surface area contributed by atoms with Crippen LogP contribution in [0.2, 0.25) is 10.0 Å². The molecule has 36 heavy (non-hydrogen) atoms. The van der Waals surface area contributed by atoms with Gasteiger partial charge in [-0.1, -0.05) is 53.0 Å². The van der Waals surface area contributed by atoms with E-state index in [-0.39, 0.29) is 18.6 Å². The predicted molar refractivity (Wildman–Crippen MR) is 150 cm³/mol. The van der Waals surface area contributed by atoms with Crippen molar-refractivity contribution in [3.05, 3.63) is 92.3 Å². The Morgan fingerprint density at radius 3 is 2.44 bits per heavy atom. The summed E-state index contributed by atoms with van der Waals surface area (Å²) in [7, 11) is 1.58. The molecule has 4 rings (SSSR count). The van der Waals surface area contributed by atoms with Crippen LogP contribution in [0, 0.1) is 6.92 Å². The van der Waals surface area contributed by atoms with Crippen LogP contribution in [0.4, 0.5) is 5.69 Å². The van der Waals surface area contributed by atoms with Crippen LogP contribution in [0.1, 0.15) is 30.5 Å². The SMILES string of the molecule is COc1cc(/C=C2/SC(=Nc3ccc(C)cc3)N(C(C)C)C2=O)ccc1OCc1ccc(Cl)cc1Cl. The number of methoxy groups -OCH3 is 1. The van der Waals surface area contributed by atoms with Gasteiger partial charge in [0, 0.05) is 21.7 Å². The summed E-state index contributed by atoms with van der Waals surface area (Å²) < 4.78 is 11.5. The molecule has 0 aromatic heterocycles. The number of carbonyl (C=O) groups excluding carboxylic acids is 1. The molecule has 3 aromatic carbocycles. The van der Waals surface area contributed by atoms with E-state index < -0.39 is 0 Å². The molecule has 0 radical (unpaired) electrons. The molecular weight excluding hydrogens is 515 g/mol. The number of nitrogens with zero attached hydrogens (tertiary/aromatic N) is 2. The second-order valence-electron chi connectivity index (χ2n) is 8.54. The highest BCUT2D eigenvalue weighted by molar-refractivity contribution is 8.18. The second kappa shape index (κ2) is 11.4. The molecular formula is C28H26Cl2N2O3S. The topological polar surface area (TPSA) is 51.1 Å². The molecule has 0 bridgehead atoms. The molecule has 0 spiro atoms. The van der Waals surface area contributed by atoms with Crippen LogP contribution in [0.25, 0.3) is 6.08 Å². The fourth-order valence-electron chi connectivity index (χ4n) is 3.59. The van der Waals surface area contributed by atoms with Gasteiger partial charge in [-0.25, -0.2) is 4.99 Å². The highest BCUT2D eigenvalue weighted by atomic mass is 35.5. The average molecular weight is 542 g/mol. The molecule has 0 aliphatic carbocycles. The van der Waals surface area contributed by atoms with Gasteiger partial charge in [0.25, 0.3) is 5.91 Å². The van der Waals surface area contributed by atoms with E-state index in [1.54, 1.807) is 24.1 Å². The quantitative estimate of drug-likeness (QED) is 0.285. The number of benzene rings is 3. The smallest absolute Gasteiger partial charge is 0.266 e. The molecule has 0 unspecified atom stereocenters. The molecule has 1 aliphatic heterocycles. The molecule has 8 heteroatoms. The summed E-state index contributed by atoms with van der Waals surface area (Å²) >= 11 is 13.6. The molecule has 0 saturated carbocycles. The fraction of sp³-hybridized carbons (Fsp3) is 0.214. The van der Waals surface area contributed by atoms with Gasteiger partial charge in [0.1, 0.15) is 6.61 Å². The normalized spacial score (nSPS) is 15.9. The average Bonchev–Trinajstić information content (AvgIpc) is 3.15. The van der Waals surface area contributed by atoms with Crippen molar-refractivity contribution < 1.29 is 14.3 Å². The lowest BCUT2D eigenvalue weighted by molar-refractivity contribution is -0.123. The number of ether oxygens (including phenoxy) is 2. The van der Waals surface area contributed by atoms with E-state index in [0.717, 1.165) is 22.4 Å². The van der Waals surface area contributed by atoms with Gasteiger partial charge < -0.3 is 9.47 Å². The molecule has 1 fully saturated rings. The van der Waals surface area contributed by atoms with E-state index in [0.29, 0.717) is 31.6 Å². The van der Waals surface area contributed by atoms with Crippen molar-refractivity contribution in [3.63, 3.8) is 0 Å². The summed E-state index contributed by atoms with van der Waals surface area (Å²) in [6.45, 7) is 6.26. The first-order valence-corrected chi connectivity index (χ1v) is 13.0. The summed E-state index contributed by atoms with van der Waals surface area (Å²) in [5.74, 6) is 1.05. The second-order valence-corrected chi connectivity index (χ2v) is 10.4. The minimum atomic E-state index is -0.0717. The van der Waals surface area contributed by atoms with Crippen molar-refractivity contribution in [2.45, 2.75) is 33.4 Å². The van der Waals surface area contributed by atoms with Gasteiger partial charge in [0.2, 0.25) is 0 Å². The molecule has 5 nitrogen and oxygen atoms in total. The maximum atomic E-state index is 13.2. The zero-order valence-corrected chi connectivity index (χ0v) is 22.7. The summed E-state index contributed by atoms with van der Waals surface area (Å²) in [5, 5.41) is 1.77. The van der Waals surface area contributed by atoms with E-state index >= 15 is 0 Å².